The second kappa shape index (κ2) is 10.2. The Morgan fingerprint density at radius 1 is 0.943 bits per heavy atom. The van der Waals surface area contributed by atoms with E-state index < -0.39 is 0 Å². The molecule has 3 aromatic carbocycles. The predicted octanol–water partition coefficient (Wildman–Crippen LogP) is 7.26. The van der Waals surface area contributed by atoms with Gasteiger partial charge in [-0.3, -0.25) is 14.5 Å². The molecule has 2 amide bonds. The van der Waals surface area contributed by atoms with Crippen LogP contribution in [-0.4, -0.2) is 27.2 Å². The number of nitrogens with zero attached hydrogens (tertiary/aromatic N) is 2. The molecule has 0 saturated carbocycles. The fraction of sp³-hybridized carbons (Fsp3) is 0.143. The summed E-state index contributed by atoms with van der Waals surface area (Å²) in [5.74, 6) is -0.516. The van der Waals surface area contributed by atoms with E-state index in [4.69, 9.17) is 0 Å². The lowest BCUT2D eigenvalue weighted by atomic mass is 10.1. The fourth-order valence-electron chi connectivity index (χ4n) is 4.25. The average Bonchev–Trinajstić information content (AvgIpc) is 3.32. The minimum Gasteiger partial charge on any atom is -0.342 e. The first kappa shape index (κ1) is 23.6. The van der Waals surface area contributed by atoms with E-state index in [0.29, 0.717) is 18.0 Å². The Hall–Kier alpha value is -3.16. The molecule has 35 heavy (non-hydrogen) atoms. The molecule has 1 aliphatic heterocycles. The normalized spacial score (nSPS) is 15.0. The van der Waals surface area contributed by atoms with Gasteiger partial charge in [0, 0.05) is 40.2 Å². The van der Waals surface area contributed by atoms with Crippen molar-refractivity contribution >= 4 is 55.8 Å². The zero-order chi connectivity index (χ0) is 24.4. The maximum Gasteiger partial charge on any atom is 0.293 e. The molecule has 2 heterocycles. The Labute approximate surface area is 215 Å². The SMILES string of the molecule is O=C1S/C(=C\c2cn(Cc3ccc(F)cc3)c3ccc(Br)cc23)C(=O)N1CCCc1ccccc1. The van der Waals surface area contributed by atoms with Gasteiger partial charge in [-0.05, 0) is 72.1 Å². The van der Waals surface area contributed by atoms with Crippen molar-refractivity contribution in [1.82, 2.24) is 9.47 Å². The lowest BCUT2D eigenvalue weighted by Crippen LogP contribution is -2.29. The molecule has 4 aromatic rings. The smallest absolute Gasteiger partial charge is 0.293 e. The van der Waals surface area contributed by atoms with Gasteiger partial charge in [-0.1, -0.05) is 58.4 Å². The van der Waals surface area contributed by atoms with Crippen LogP contribution in [0.3, 0.4) is 0 Å². The van der Waals surface area contributed by atoms with Crippen LogP contribution in [0.2, 0.25) is 0 Å². The summed E-state index contributed by atoms with van der Waals surface area (Å²) in [6.45, 7) is 0.960. The van der Waals surface area contributed by atoms with Crippen LogP contribution >= 0.6 is 27.7 Å². The number of amides is 2. The van der Waals surface area contributed by atoms with E-state index in [-0.39, 0.29) is 17.0 Å². The summed E-state index contributed by atoms with van der Waals surface area (Å²) in [4.78, 5) is 27.4. The average molecular weight is 549 g/mol. The molecule has 7 heteroatoms. The van der Waals surface area contributed by atoms with E-state index in [1.54, 1.807) is 18.2 Å². The molecule has 0 aliphatic carbocycles. The first-order valence-corrected chi connectivity index (χ1v) is 12.9. The van der Waals surface area contributed by atoms with Crippen LogP contribution in [0.25, 0.3) is 17.0 Å². The molecule has 0 N–H and O–H groups in total. The first-order valence-electron chi connectivity index (χ1n) is 11.3. The summed E-state index contributed by atoms with van der Waals surface area (Å²) in [5.41, 5.74) is 4.01. The molecule has 1 saturated heterocycles. The number of aromatic nitrogens is 1. The third-order valence-electron chi connectivity index (χ3n) is 5.99. The summed E-state index contributed by atoms with van der Waals surface area (Å²) < 4.78 is 16.3. The van der Waals surface area contributed by atoms with E-state index >= 15 is 0 Å². The van der Waals surface area contributed by atoms with E-state index in [2.05, 4.69) is 20.5 Å². The molecule has 0 unspecified atom stereocenters. The largest absolute Gasteiger partial charge is 0.342 e. The zero-order valence-electron chi connectivity index (χ0n) is 18.8. The van der Waals surface area contributed by atoms with Crippen molar-refractivity contribution in [3.63, 3.8) is 0 Å². The van der Waals surface area contributed by atoms with Crippen LogP contribution in [0.1, 0.15) is 23.1 Å². The topological polar surface area (TPSA) is 42.3 Å². The molecule has 0 radical (unpaired) electrons. The van der Waals surface area contributed by atoms with Crippen molar-refractivity contribution in [2.75, 3.05) is 6.54 Å². The second-order valence-electron chi connectivity index (χ2n) is 8.42. The van der Waals surface area contributed by atoms with Crippen molar-refractivity contribution < 1.29 is 14.0 Å². The highest BCUT2D eigenvalue weighted by Crippen LogP contribution is 2.35. The summed E-state index contributed by atoms with van der Waals surface area (Å²) in [7, 11) is 0. The number of hydrogen-bond acceptors (Lipinski definition) is 3. The maximum absolute atomic E-state index is 13.3. The number of carbonyl (C=O) groups excluding carboxylic acids is 2. The van der Waals surface area contributed by atoms with Crippen molar-refractivity contribution in [1.29, 1.82) is 0 Å². The van der Waals surface area contributed by atoms with Crippen molar-refractivity contribution in [2.24, 2.45) is 0 Å². The quantitative estimate of drug-likeness (QED) is 0.228. The molecule has 176 valence electrons. The van der Waals surface area contributed by atoms with Gasteiger partial charge in [0.2, 0.25) is 0 Å². The van der Waals surface area contributed by atoms with Crippen LogP contribution in [0, 0.1) is 5.82 Å². The van der Waals surface area contributed by atoms with E-state index in [1.165, 1.54) is 22.6 Å². The molecular weight excluding hydrogens is 527 g/mol. The van der Waals surface area contributed by atoms with E-state index in [9.17, 15) is 14.0 Å². The Bertz CT molecular complexity index is 1430. The lowest BCUT2D eigenvalue weighted by Gasteiger charge is -2.12. The maximum atomic E-state index is 13.3. The minimum atomic E-state index is -0.268. The van der Waals surface area contributed by atoms with Crippen LogP contribution in [0.4, 0.5) is 9.18 Å². The number of halogens is 2. The Balaban J connectivity index is 1.38. The lowest BCUT2D eigenvalue weighted by molar-refractivity contribution is -0.122. The standard InChI is InChI=1S/C28H22BrFN2O2S/c29-22-10-13-25-24(16-22)21(18-31(25)17-20-8-11-23(30)12-9-20)15-26-27(33)32(28(34)35-26)14-4-7-19-5-2-1-3-6-19/h1-3,5-6,8-13,15-16,18H,4,7,14,17H2/b26-15-. The van der Waals surface area contributed by atoms with Gasteiger partial charge in [-0.15, -0.1) is 0 Å². The molecule has 1 fully saturated rings. The van der Waals surface area contributed by atoms with E-state index in [1.807, 2.05) is 54.7 Å². The number of imide groups is 1. The number of thioether (sulfide) groups is 1. The highest BCUT2D eigenvalue weighted by Gasteiger charge is 2.34. The van der Waals surface area contributed by atoms with Gasteiger partial charge in [0.15, 0.2) is 0 Å². The summed E-state index contributed by atoms with van der Waals surface area (Å²) in [6, 6.07) is 22.5. The minimum absolute atomic E-state index is 0.231. The third-order valence-corrected chi connectivity index (χ3v) is 7.39. The fourth-order valence-corrected chi connectivity index (χ4v) is 5.47. The van der Waals surface area contributed by atoms with Crippen LogP contribution < -0.4 is 0 Å². The van der Waals surface area contributed by atoms with Gasteiger partial charge in [-0.25, -0.2) is 4.39 Å². The zero-order valence-corrected chi connectivity index (χ0v) is 21.2. The first-order chi connectivity index (χ1) is 17.0. The highest BCUT2D eigenvalue weighted by atomic mass is 79.9. The van der Waals surface area contributed by atoms with Crippen LogP contribution in [0.5, 0.6) is 0 Å². The van der Waals surface area contributed by atoms with Gasteiger partial charge in [0.05, 0.1) is 4.91 Å². The van der Waals surface area contributed by atoms with Crippen molar-refractivity contribution in [3.05, 3.63) is 111 Å². The molecular formula is C28H22BrFN2O2S. The Kier molecular flexibility index (Phi) is 6.88. The monoisotopic (exact) mass is 548 g/mol. The summed E-state index contributed by atoms with van der Waals surface area (Å²) in [5, 5.41) is 0.739. The Morgan fingerprint density at radius 3 is 2.49 bits per heavy atom. The molecule has 1 aromatic heterocycles. The number of rotatable bonds is 7. The predicted molar refractivity (Wildman–Crippen MR) is 143 cm³/mol. The third kappa shape index (κ3) is 5.26. The molecule has 1 aliphatic rings. The number of benzene rings is 3. The molecule has 0 bridgehead atoms. The van der Waals surface area contributed by atoms with Gasteiger partial charge in [-0.2, -0.15) is 0 Å². The van der Waals surface area contributed by atoms with Gasteiger partial charge >= 0.3 is 0 Å². The number of fused-ring (bicyclic) bond motifs is 1. The highest BCUT2D eigenvalue weighted by molar-refractivity contribution is 9.10. The van der Waals surface area contributed by atoms with Gasteiger partial charge < -0.3 is 4.57 Å². The number of hydrogen-bond donors (Lipinski definition) is 0. The molecule has 0 spiro atoms. The van der Waals surface area contributed by atoms with Crippen molar-refractivity contribution in [2.45, 2.75) is 19.4 Å². The molecule has 0 atom stereocenters. The Morgan fingerprint density at radius 2 is 1.71 bits per heavy atom. The van der Waals surface area contributed by atoms with E-state index in [0.717, 1.165) is 51.1 Å². The van der Waals surface area contributed by atoms with Crippen LogP contribution in [-0.2, 0) is 17.8 Å². The van der Waals surface area contributed by atoms with Gasteiger partial charge in [0.1, 0.15) is 5.82 Å². The van der Waals surface area contributed by atoms with Crippen molar-refractivity contribution in [3.8, 4) is 0 Å². The second-order valence-corrected chi connectivity index (χ2v) is 10.3. The molecule has 4 nitrogen and oxygen atoms in total. The summed E-state index contributed by atoms with van der Waals surface area (Å²) >= 11 is 4.52. The summed E-state index contributed by atoms with van der Waals surface area (Å²) in [6.07, 6.45) is 5.31. The molecule has 5 rings (SSSR count). The van der Waals surface area contributed by atoms with Crippen LogP contribution in [0.15, 0.2) is 88.4 Å². The van der Waals surface area contributed by atoms with Gasteiger partial charge in [0.25, 0.3) is 11.1 Å². The number of carbonyl (C=O) groups is 2. The number of aryl methyl sites for hydroxylation is 1.